The van der Waals surface area contributed by atoms with Gasteiger partial charge in [-0.25, -0.2) is 9.59 Å². The number of aromatic carboxylic acids is 2. The van der Waals surface area contributed by atoms with Crippen molar-refractivity contribution in [1.29, 1.82) is 0 Å². The third kappa shape index (κ3) is 4.44. The molecule has 0 aromatic heterocycles. The van der Waals surface area contributed by atoms with Crippen LogP contribution in [0.1, 0.15) is 42.6 Å². The van der Waals surface area contributed by atoms with Crippen LogP contribution in [0.3, 0.4) is 0 Å². The zero-order valence-corrected chi connectivity index (χ0v) is 13.4. The van der Waals surface area contributed by atoms with Crippen LogP contribution >= 0.6 is 0 Å². The molecule has 0 saturated carbocycles. The fraction of sp³-hybridized carbons (Fsp3) is 0.111. The number of rotatable bonds is 7. The number of carboxylic acids is 3. The number of carbonyl (C=O) groups is 4. The maximum atomic E-state index is 12.3. The summed E-state index contributed by atoms with van der Waals surface area (Å²) in [5, 5.41) is 29.8. The summed E-state index contributed by atoms with van der Waals surface area (Å²) in [4.78, 5) is 45.9. The third-order valence-corrected chi connectivity index (χ3v) is 3.66. The molecule has 0 heterocycles. The van der Waals surface area contributed by atoms with Crippen molar-refractivity contribution in [2.45, 2.75) is 5.92 Å². The maximum Gasteiger partial charge on any atom is 0.335 e. The van der Waals surface area contributed by atoms with Crippen LogP contribution in [0.2, 0.25) is 0 Å². The Labute approximate surface area is 147 Å². The zero-order chi connectivity index (χ0) is 19.3. The Kier molecular flexibility index (Phi) is 5.69. The van der Waals surface area contributed by atoms with Gasteiger partial charge in [-0.3, -0.25) is 9.59 Å². The predicted octanol–water partition coefficient (Wildman–Crippen LogP) is 1.68. The smallest absolute Gasteiger partial charge is 0.335 e. The van der Waals surface area contributed by atoms with Crippen molar-refractivity contribution in [3.8, 4) is 0 Å². The average Bonchev–Trinajstić information content (AvgIpc) is 2.61. The second-order valence-electron chi connectivity index (χ2n) is 5.42. The number of benzene rings is 2. The van der Waals surface area contributed by atoms with E-state index in [1.165, 1.54) is 0 Å². The lowest BCUT2D eigenvalue weighted by Crippen LogP contribution is -2.32. The van der Waals surface area contributed by atoms with Gasteiger partial charge in [-0.15, -0.1) is 0 Å². The molecule has 4 N–H and O–H groups in total. The average molecular weight is 357 g/mol. The Morgan fingerprint density at radius 1 is 0.808 bits per heavy atom. The van der Waals surface area contributed by atoms with Gasteiger partial charge in [0.15, 0.2) is 0 Å². The van der Waals surface area contributed by atoms with E-state index in [0.717, 1.165) is 18.2 Å². The van der Waals surface area contributed by atoms with Crippen molar-refractivity contribution in [1.82, 2.24) is 5.32 Å². The molecule has 0 aliphatic heterocycles. The monoisotopic (exact) mass is 357 g/mol. The SMILES string of the molecule is O=C(O)c1cc(C(=O)O)cc(C(=O)NCC(C(=O)O)c2ccccc2)c1. The molecule has 1 unspecified atom stereocenters. The first-order valence-corrected chi connectivity index (χ1v) is 7.47. The van der Waals surface area contributed by atoms with Crippen LogP contribution in [0.5, 0.6) is 0 Å². The lowest BCUT2D eigenvalue weighted by atomic mass is 9.99. The Bertz CT molecular complexity index is 829. The van der Waals surface area contributed by atoms with Crippen LogP contribution in [0.25, 0.3) is 0 Å². The summed E-state index contributed by atoms with van der Waals surface area (Å²) in [6, 6.07) is 11.3. The quantitative estimate of drug-likeness (QED) is 0.591. The minimum absolute atomic E-state index is 0.181. The molecule has 8 nitrogen and oxygen atoms in total. The van der Waals surface area contributed by atoms with Crippen LogP contribution in [0.15, 0.2) is 48.5 Å². The van der Waals surface area contributed by atoms with Gasteiger partial charge in [0.2, 0.25) is 0 Å². The van der Waals surface area contributed by atoms with Gasteiger partial charge in [0, 0.05) is 12.1 Å². The third-order valence-electron chi connectivity index (χ3n) is 3.66. The highest BCUT2D eigenvalue weighted by molar-refractivity contribution is 6.01. The van der Waals surface area contributed by atoms with Gasteiger partial charge in [-0.2, -0.15) is 0 Å². The van der Waals surface area contributed by atoms with E-state index < -0.39 is 29.7 Å². The molecule has 134 valence electrons. The zero-order valence-electron chi connectivity index (χ0n) is 13.4. The standard InChI is InChI=1S/C18H15NO7/c20-15(11-6-12(16(21)22)8-13(7-11)17(23)24)19-9-14(18(25)26)10-4-2-1-3-5-10/h1-8,14H,9H2,(H,19,20)(H,21,22)(H,23,24)(H,25,26). The Morgan fingerprint density at radius 3 is 1.77 bits per heavy atom. The fourth-order valence-corrected chi connectivity index (χ4v) is 2.34. The molecule has 1 atom stereocenters. The topological polar surface area (TPSA) is 141 Å². The van der Waals surface area contributed by atoms with Crippen LogP contribution in [-0.2, 0) is 4.79 Å². The lowest BCUT2D eigenvalue weighted by molar-refractivity contribution is -0.138. The number of carboxylic acid groups (broad SMARTS) is 3. The highest BCUT2D eigenvalue weighted by atomic mass is 16.4. The van der Waals surface area contributed by atoms with E-state index in [0.29, 0.717) is 5.56 Å². The maximum absolute atomic E-state index is 12.3. The summed E-state index contributed by atoms with van der Waals surface area (Å²) in [6.07, 6.45) is 0. The minimum atomic E-state index is -1.38. The van der Waals surface area contributed by atoms with Gasteiger partial charge in [-0.1, -0.05) is 30.3 Å². The van der Waals surface area contributed by atoms with E-state index in [1.54, 1.807) is 30.3 Å². The summed E-state index contributed by atoms with van der Waals surface area (Å²) < 4.78 is 0. The van der Waals surface area contributed by atoms with Gasteiger partial charge in [0.25, 0.3) is 5.91 Å². The Hall–Kier alpha value is -3.68. The first-order valence-electron chi connectivity index (χ1n) is 7.47. The fourth-order valence-electron chi connectivity index (χ4n) is 2.34. The summed E-state index contributed by atoms with van der Waals surface area (Å²) in [5.74, 6) is -5.66. The molecule has 8 heteroatoms. The van der Waals surface area contributed by atoms with Crippen LogP contribution < -0.4 is 5.32 Å². The van der Waals surface area contributed by atoms with E-state index in [4.69, 9.17) is 10.2 Å². The van der Waals surface area contributed by atoms with Crippen molar-refractivity contribution >= 4 is 23.8 Å². The molecule has 26 heavy (non-hydrogen) atoms. The molecule has 0 saturated heterocycles. The number of hydrogen-bond donors (Lipinski definition) is 4. The van der Waals surface area contributed by atoms with E-state index >= 15 is 0 Å². The van der Waals surface area contributed by atoms with Gasteiger partial charge in [-0.05, 0) is 23.8 Å². The van der Waals surface area contributed by atoms with E-state index in [9.17, 15) is 24.3 Å². The van der Waals surface area contributed by atoms with Crippen molar-refractivity contribution in [2.75, 3.05) is 6.54 Å². The number of amides is 1. The second-order valence-corrected chi connectivity index (χ2v) is 5.42. The number of hydrogen-bond acceptors (Lipinski definition) is 4. The number of aliphatic carboxylic acids is 1. The Morgan fingerprint density at radius 2 is 1.31 bits per heavy atom. The summed E-state index contributed by atoms with van der Waals surface area (Å²) in [5.41, 5.74) is -0.397. The normalized spacial score (nSPS) is 11.4. The molecule has 2 aromatic carbocycles. The van der Waals surface area contributed by atoms with E-state index in [1.807, 2.05) is 0 Å². The van der Waals surface area contributed by atoms with Crippen LogP contribution in [-0.4, -0.2) is 45.7 Å². The van der Waals surface area contributed by atoms with Gasteiger partial charge in [0.05, 0.1) is 17.0 Å². The van der Waals surface area contributed by atoms with Crippen molar-refractivity contribution in [2.24, 2.45) is 0 Å². The van der Waals surface area contributed by atoms with Gasteiger partial charge in [0.1, 0.15) is 0 Å². The summed E-state index contributed by atoms with van der Waals surface area (Å²) in [6.45, 7) is -0.238. The van der Waals surface area contributed by atoms with Crippen molar-refractivity contribution in [3.63, 3.8) is 0 Å². The summed E-state index contributed by atoms with van der Waals surface area (Å²) >= 11 is 0. The van der Waals surface area contributed by atoms with Gasteiger partial charge >= 0.3 is 17.9 Å². The lowest BCUT2D eigenvalue weighted by Gasteiger charge is -2.14. The molecule has 0 aliphatic rings. The molecule has 2 aromatic rings. The second kappa shape index (κ2) is 7.93. The van der Waals surface area contributed by atoms with Crippen LogP contribution in [0, 0.1) is 0 Å². The van der Waals surface area contributed by atoms with Crippen LogP contribution in [0.4, 0.5) is 0 Å². The number of nitrogens with one attached hydrogen (secondary N) is 1. The van der Waals surface area contributed by atoms with Crippen molar-refractivity contribution in [3.05, 3.63) is 70.8 Å². The molecule has 2 rings (SSSR count). The predicted molar refractivity (Wildman–Crippen MR) is 89.5 cm³/mol. The van der Waals surface area contributed by atoms with Crippen molar-refractivity contribution < 1.29 is 34.5 Å². The molecule has 0 radical (unpaired) electrons. The highest BCUT2D eigenvalue weighted by Crippen LogP contribution is 2.16. The molecular weight excluding hydrogens is 342 g/mol. The van der Waals surface area contributed by atoms with E-state index in [2.05, 4.69) is 5.32 Å². The van der Waals surface area contributed by atoms with E-state index in [-0.39, 0.29) is 23.2 Å². The molecule has 0 aliphatic carbocycles. The molecule has 0 spiro atoms. The number of carbonyl (C=O) groups excluding carboxylic acids is 1. The largest absolute Gasteiger partial charge is 0.481 e. The van der Waals surface area contributed by atoms with Gasteiger partial charge < -0.3 is 20.6 Å². The highest BCUT2D eigenvalue weighted by Gasteiger charge is 2.21. The first-order chi connectivity index (χ1) is 12.3. The Balaban J connectivity index is 2.22. The first kappa shape index (κ1) is 18.7. The molecule has 0 fully saturated rings. The molecular formula is C18H15NO7. The molecule has 0 bridgehead atoms. The molecule has 1 amide bonds. The minimum Gasteiger partial charge on any atom is -0.481 e. The summed E-state index contributed by atoms with van der Waals surface area (Å²) in [7, 11) is 0.